The van der Waals surface area contributed by atoms with Gasteiger partial charge in [-0.1, -0.05) is 26.0 Å². The molecule has 3 nitrogen and oxygen atoms in total. The van der Waals surface area contributed by atoms with E-state index < -0.39 is 0 Å². The zero-order valence-electron chi connectivity index (χ0n) is 11.9. The van der Waals surface area contributed by atoms with E-state index in [0.29, 0.717) is 12.0 Å². The summed E-state index contributed by atoms with van der Waals surface area (Å²) in [6, 6.07) is 8.50. The van der Waals surface area contributed by atoms with E-state index in [1.54, 1.807) is 0 Å². The van der Waals surface area contributed by atoms with Crippen LogP contribution in [0.2, 0.25) is 0 Å². The van der Waals surface area contributed by atoms with E-state index in [-0.39, 0.29) is 5.91 Å². The first-order chi connectivity index (χ1) is 9.16. The lowest BCUT2D eigenvalue weighted by Crippen LogP contribution is -2.30. The molecule has 1 saturated heterocycles. The van der Waals surface area contributed by atoms with Gasteiger partial charge in [-0.05, 0) is 49.4 Å². The molecular formula is C16H24N2O. The molecule has 1 unspecified atom stereocenters. The van der Waals surface area contributed by atoms with Crippen LogP contribution in [0.5, 0.6) is 0 Å². The second-order valence-electron chi connectivity index (χ2n) is 5.61. The Labute approximate surface area is 115 Å². The van der Waals surface area contributed by atoms with Gasteiger partial charge in [-0.2, -0.15) is 0 Å². The fourth-order valence-corrected chi connectivity index (χ4v) is 2.48. The summed E-state index contributed by atoms with van der Waals surface area (Å²) in [7, 11) is 0. The fourth-order valence-electron chi connectivity index (χ4n) is 2.48. The Morgan fingerprint density at radius 2 is 2.11 bits per heavy atom. The smallest absolute Gasteiger partial charge is 0.251 e. The average molecular weight is 260 g/mol. The van der Waals surface area contributed by atoms with Crippen molar-refractivity contribution in [2.75, 3.05) is 13.1 Å². The summed E-state index contributed by atoms with van der Waals surface area (Å²) < 4.78 is 0. The van der Waals surface area contributed by atoms with E-state index >= 15 is 0 Å². The highest BCUT2D eigenvalue weighted by molar-refractivity contribution is 5.94. The van der Waals surface area contributed by atoms with Crippen molar-refractivity contribution in [2.45, 2.75) is 45.1 Å². The van der Waals surface area contributed by atoms with Crippen molar-refractivity contribution in [1.29, 1.82) is 0 Å². The third-order valence-corrected chi connectivity index (χ3v) is 3.78. The van der Waals surface area contributed by atoms with Crippen LogP contribution >= 0.6 is 0 Å². The Balaban J connectivity index is 1.78. The van der Waals surface area contributed by atoms with Crippen molar-refractivity contribution in [3.8, 4) is 0 Å². The molecule has 1 atom stereocenters. The number of hydrogen-bond acceptors (Lipinski definition) is 2. The van der Waals surface area contributed by atoms with Crippen LogP contribution < -0.4 is 10.6 Å². The topological polar surface area (TPSA) is 41.1 Å². The Bertz CT molecular complexity index is 405. The third kappa shape index (κ3) is 4.06. The molecule has 3 heteroatoms. The molecule has 104 valence electrons. The zero-order chi connectivity index (χ0) is 13.7. The number of hydrogen-bond donors (Lipinski definition) is 2. The minimum absolute atomic E-state index is 0.0355. The van der Waals surface area contributed by atoms with Crippen LogP contribution in [0.25, 0.3) is 0 Å². The molecule has 1 aliphatic rings. The van der Waals surface area contributed by atoms with Crippen LogP contribution in [0, 0.1) is 0 Å². The number of nitrogens with one attached hydrogen (secondary N) is 2. The fraction of sp³-hybridized carbons (Fsp3) is 0.562. The number of carbonyl (C=O) groups is 1. The largest absolute Gasteiger partial charge is 0.352 e. The standard InChI is InChI=1S/C16H24N2O/c1-12(2)13-5-7-14(8-6-13)16(19)18-11-9-15-4-3-10-17-15/h5-8,12,15,17H,3-4,9-11H2,1-2H3,(H,18,19). The molecule has 1 heterocycles. The van der Waals surface area contributed by atoms with Gasteiger partial charge in [0.2, 0.25) is 0 Å². The molecule has 0 saturated carbocycles. The number of amides is 1. The second-order valence-corrected chi connectivity index (χ2v) is 5.61. The maximum absolute atomic E-state index is 12.0. The van der Waals surface area contributed by atoms with Crippen LogP contribution in [0.1, 0.15) is 54.9 Å². The van der Waals surface area contributed by atoms with Crippen molar-refractivity contribution in [3.05, 3.63) is 35.4 Å². The molecule has 2 rings (SSSR count). The first-order valence-corrected chi connectivity index (χ1v) is 7.28. The molecule has 1 aliphatic heterocycles. The van der Waals surface area contributed by atoms with Crippen LogP contribution in [-0.2, 0) is 0 Å². The SMILES string of the molecule is CC(C)c1ccc(C(=O)NCCC2CCCN2)cc1. The highest BCUT2D eigenvalue weighted by Crippen LogP contribution is 2.14. The van der Waals surface area contributed by atoms with E-state index in [2.05, 4.69) is 24.5 Å². The molecule has 2 N–H and O–H groups in total. The minimum Gasteiger partial charge on any atom is -0.352 e. The van der Waals surface area contributed by atoms with Crippen LogP contribution in [-0.4, -0.2) is 25.0 Å². The highest BCUT2D eigenvalue weighted by Gasteiger charge is 2.14. The van der Waals surface area contributed by atoms with Crippen molar-refractivity contribution in [2.24, 2.45) is 0 Å². The summed E-state index contributed by atoms with van der Waals surface area (Å²) in [5, 5.41) is 6.43. The first kappa shape index (κ1) is 14.1. The number of benzene rings is 1. The number of carbonyl (C=O) groups excluding carboxylic acids is 1. The number of rotatable bonds is 5. The quantitative estimate of drug-likeness (QED) is 0.854. The molecule has 0 spiro atoms. The Hall–Kier alpha value is -1.35. The van der Waals surface area contributed by atoms with E-state index in [1.165, 1.54) is 18.4 Å². The maximum Gasteiger partial charge on any atom is 0.251 e. The van der Waals surface area contributed by atoms with E-state index in [4.69, 9.17) is 0 Å². The van der Waals surface area contributed by atoms with Gasteiger partial charge in [-0.3, -0.25) is 4.79 Å². The summed E-state index contributed by atoms with van der Waals surface area (Å²) in [5.41, 5.74) is 2.02. The summed E-state index contributed by atoms with van der Waals surface area (Å²) >= 11 is 0. The van der Waals surface area contributed by atoms with Crippen LogP contribution in [0.4, 0.5) is 0 Å². The predicted molar refractivity (Wildman–Crippen MR) is 78.5 cm³/mol. The van der Waals surface area contributed by atoms with Gasteiger partial charge >= 0.3 is 0 Å². The molecule has 19 heavy (non-hydrogen) atoms. The summed E-state index contributed by atoms with van der Waals surface area (Å²) in [6.07, 6.45) is 3.52. The molecule has 1 aromatic carbocycles. The summed E-state index contributed by atoms with van der Waals surface area (Å²) in [6.45, 7) is 6.19. The van der Waals surface area contributed by atoms with Gasteiger partial charge < -0.3 is 10.6 Å². The molecule has 1 aromatic rings. The molecule has 0 aliphatic carbocycles. The van der Waals surface area contributed by atoms with E-state index in [1.807, 2.05) is 24.3 Å². The van der Waals surface area contributed by atoms with Crippen LogP contribution in [0.3, 0.4) is 0 Å². The summed E-state index contributed by atoms with van der Waals surface area (Å²) in [4.78, 5) is 12.0. The zero-order valence-corrected chi connectivity index (χ0v) is 11.9. The van der Waals surface area contributed by atoms with Crippen molar-refractivity contribution in [1.82, 2.24) is 10.6 Å². The van der Waals surface area contributed by atoms with Crippen LogP contribution in [0.15, 0.2) is 24.3 Å². The van der Waals surface area contributed by atoms with Crippen molar-refractivity contribution < 1.29 is 4.79 Å². The average Bonchev–Trinajstić information content (AvgIpc) is 2.92. The van der Waals surface area contributed by atoms with E-state index in [9.17, 15) is 4.79 Å². The van der Waals surface area contributed by atoms with Gasteiger partial charge in [-0.25, -0.2) is 0 Å². The molecule has 1 fully saturated rings. The molecule has 0 bridgehead atoms. The molecule has 0 aromatic heterocycles. The lowest BCUT2D eigenvalue weighted by molar-refractivity contribution is 0.0952. The van der Waals surface area contributed by atoms with Gasteiger partial charge in [0.1, 0.15) is 0 Å². The molecular weight excluding hydrogens is 236 g/mol. The van der Waals surface area contributed by atoms with Crippen molar-refractivity contribution >= 4 is 5.91 Å². The maximum atomic E-state index is 12.0. The van der Waals surface area contributed by atoms with Gasteiger partial charge in [0.25, 0.3) is 5.91 Å². The first-order valence-electron chi connectivity index (χ1n) is 7.28. The second kappa shape index (κ2) is 6.71. The minimum atomic E-state index is 0.0355. The molecule has 0 radical (unpaired) electrons. The summed E-state index contributed by atoms with van der Waals surface area (Å²) in [5.74, 6) is 0.541. The van der Waals surface area contributed by atoms with Gasteiger partial charge in [0.15, 0.2) is 0 Å². The monoisotopic (exact) mass is 260 g/mol. The van der Waals surface area contributed by atoms with Crippen molar-refractivity contribution in [3.63, 3.8) is 0 Å². The molecule has 1 amide bonds. The predicted octanol–water partition coefficient (Wildman–Crippen LogP) is 2.68. The van der Waals surface area contributed by atoms with Gasteiger partial charge in [-0.15, -0.1) is 0 Å². The van der Waals surface area contributed by atoms with Gasteiger partial charge in [0, 0.05) is 18.2 Å². The Kier molecular flexibility index (Phi) is 4.97. The normalized spacial score (nSPS) is 18.8. The lowest BCUT2D eigenvalue weighted by Gasteiger charge is -2.11. The Morgan fingerprint density at radius 3 is 2.68 bits per heavy atom. The highest BCUT2D eigenvalue weighted by atomic mass is 16.1. The Morgan fingerprint density at radius 1 is 1.37 bits per heavy atom. The van der Waals surface area contributed by atoms with Gasteiger partial charge in [0.05, 0.1) is 0 Å². The lowest BCUT2D eigenvalue weighted by atomic mass is 10.0. The van der Waals surface area contributed by atoms with E-state index in [0.717, 1.165) is 25.1 Å². The third-order valence-electron chi connectivity index (χ3n) is 3.78.